The molecule has 10 nitrogen and oxygen atoms in total. The summed E-state index contributed by atoms with van der Waals surface area (Å²) in [5.74, 6) is 1.49. The van der Waals surface area contributed by atoms with E-state index in [9.17, 15) is 9.59 Å². The first kappa shape index (κ1) is 29.6. The van der Waals surface area contributed by atoms with Gasteiger partial charge in [0.25, 0.3) is 5.91 Å². The lowest BCUT2D eigenvalue weighted by molar-refractivity contribution is -0.127. The van der Waals surface area contributed by atoms with Gasteiger partial charge in [-0.15, -0.1) is 0 Å². The highest BCUT2D eigenvalue weighted by atomic mass is 16.5. The van der Waals surface area contributed by atoms with Crippen LogP contribution in [0.25, 0.3) is 0 Å². The van der Waals surface area contributed by atoms with Crippen LogP contribution in [0, 0.1) is 0 Å². The van der Waals surface area contributed by atoms with Crippen molar-refractivity contribution in [1.82, 2.24) is 20.0 Å². The van der Waals surface area contributed by atoms with E-state index < -0.39 is 0 Å². The molecule has 10 heteroatoms. The molecule has 1 saturated carbocycles. The number of ether oxygens (including phenoxy) is 1. The van der Waals surface area contributed by atoms with Crippen LogP contribution in [-0.4, -0.2) is 92.1 Å². The van der Waals surface area contributed by atoms with E-state index in [0.717, 1.165) is 43.7 Å². The van der Waals surface area contributed by atoms with Crippen molar-refractivity contribution in [2.24, 2.45) is 9.98 Å². The van der Waals surface area contributed by atoms with Crippen molar-refractivity contribution in [3.63, 3.8) is 0 Å². The minimum Gasteiger partial charge on any atom is -0.495 e. The molecule has 0 spiro atoms. The number of likely N-dealkylation sites (tertiary alicyclic amines) is 1. The molecule has 1 aromatic carbocycles. The molecule has 2 N–H and O–H groups in total. The summed E-state index contributed by atoms with van der Waals surface area (Å²) < 4.78 is 5.61. The second-order valence-corrected chi connectivity index (χ2v) is 10.9. The van der Waals surface area contributed by atoms with Crippen LogP contribution in [0.1, 0.15) is 75.1 Å². The molecule has 2 aliphatic heterocycles. The summed E-state index contributed by atoms with van der Waals surface area (Å²) in [6.45, 7) is 10.4. The highest BCUT2D eigenvalue weighted by Crippen LogP contribution is 2.31. The summed E-state index contributed by atoms with van der Waals surface area (Å²) in [4.78, 5) is 40.8. The standard InChI is InChI=1S/C30H45N7O3/c1-22-28(37(24-11-5-6-12-24)20-15-27(38)35(22)3)34-30(31-2)33-25-14-13-23(21-26(25)40-4)29(39)32-16-7-8-17-36-18-9-10-19-36/h13-14,21,24H,2,5-12,15-20H2,1,3-4H3,(H,32,39)(H,33,34). The molecule has 1 saturated heterocycles. The number of guanidine groups is 1. The van der Waals surface area contributed by atoms with Crippen molar-refractivity contribution in [1.29, 1.82) is 0 Å². The van der Waals surface area contributed by atoms with Crippen LogP contribution >= 0.6 is 0 Å². The van der Waals surface area contributed by atoms with Crippen molar-refractivity contribution >= 4 is 30.2 Å². The molecule has 40 heavy (non-hydrogen) atoms. The topological polar surface area (TPSA) is 102 Å². The van der Waals surface area contributed by atoms with Crippen molar-refractivity contribution < 1.29 is 14.3 Å². The summed E-state index contributed by atoms with van der Waals surface area (Å²) in [5.41, 5.74) is 1.94. The van der Waals surface area contributed by atoms with Gasteiger partial charge in [0.05, 0.1) is 18.5 Å². The first-order chi connectivity index (χ1) is 19.4. The summed E-state index contributed by atoms with van der Waals surface area (Å²) in [6, 6.07) is 5.63. The predicted molar refractivity (Wildman–Crippen MR) is 160 cm³/mol. The van der Waals surface area contributed by atoms with Crippen molar-refractivity contribution in [3.8, 4) is 5.75 Å². The number of amides is 2. The third kappa shape index (κ3) is 7.41. The smallest absolute Gasteiger partial charge is 0.251 e. The molecule has 1 aliphatic carbocycles. The van der Waals surface area contributed by atoms with E-state index in [-0.39, 0.29) is 11.8 Å². The number of nitrogens with zero attached hydrogens (tertiary/aromatic N) is 5. The number of unbranched alkanes of at least 4 members (excludes halogenated alkanes) is 1. The normalized spacial score (nSPS) is 19.3. The number of carbonyl (C=O) groups excluding carboxylic acids is 2. The Morgan fingerprint density at radius 1 is 1.12 bits per heavy atom. The van der Waals surface area contributed by atoms with Gasteiger partial charge in [-0.05, 0) is 90.0 Å². The number of anilines is 1. The molecule has 1 aromatic rings. The van der Waals surface area contributed by atoms with Crippen LogP contribution in [0.4, 0.5) is 5.69 Å². The van der Waals surface area contributed by atoms with E-state index in [2.05, 4.69) is 32.1 Å². The number of benzene rings is 1. The van der Waals surface area contributed by atoms with E-state index in [1.807, 2.05) is 6.92 Å². The summed E-state index contributed by atoms with van der Waals surface area (Å²) >= 11 is 0. The van der Waals surface area contributed by atoms with Gasteiger partial charge in [-0.3, -0.25) is 9.59 Å². The van der Waals surface area contributed by atoms with E-state index in [0.29, 0.717) is 48.5 Å². The molecule has 4 rings (SSSR count). The van der Waals surface area contributed by atoms with Crippen LogP contribution in [0.2, 0.25) is 0 Å². The fourth-order valence-corrected chi connectivity index (χ4v) is 5.78. The molecule has 0 unspecified atom stereocenters. The second kappa shape index (κ2) is 14.3. The summed E-state index contributed by atoms with van der Waals surface area (Å²) in [6.07, 6.45) is 9.63. The Morgan fingerprint density at radius 3 is 2.58 bits per heavy atom. The Hall–Kier alpha value is -3.40. The van der Waals surface area contributed by atoms with Crippen LogP contribution < -0.4 is 15.4 Å². The van der Waals surface area contributed by atoms with Crippen LogP contribution in [0.15, 0.2) is 39.7 Å². The van der Waals surface area contributed by atoms with Gasteiger partial charge in [-0.25, -0.2) is 4.99 Å². The van der Waals surface area contributed by atoms with E-state index in [1.165, 1.54) is 38.8 Å². The van der Waals surface area contributed by atoms with Crippen LogP contribution in [0.3, 0.4) is 0 Å². The molecule has 2 heterocycles. The van der Waals surface area contributed by atoms with Gasteiger partial charge in [0, 0.05) is 38.2 Å². The molecule has 2 fully saturated rings. The van der Waals surface area contributed by atoms with Gasteiger partial charge in [0.15, 0.2) is 5.82 Å². The highest BCUT2D eigenvalue weighted by molar-refractivity contribution is 6.00. The molecule has 0 bridgehead atoms. The van der Waals surface area contributed by atoms with Gasteiger partial charge < -0.3 is 30.1 Å². The Kier molecular flexibility index (Phi) is 10.6. The zero-order valence-electron chi connectivity index (χ0n) is 24.4. The maximum Gasteiger partial charge on any atom is 0.251 e. The SMILES string of the molecule is C=N/C(=N\C1=C(C)N(C)C(=O)CCN1C1CCCC1)Nc1ccc(C(=O)NCCCCN2CCCC2)cc1OC. The average molecular weight is 552 g/mol. The molecule has 0 radical (unpaired) electrons. The Morgan fingerprint density at radius 2 is 1.88 bits per heavy atom. The average Bonchev–Trinajstić information content (AvgIpc) is 3.68. The third-order valence-electron chi connectivity index (χ3n) is 8.26. The molecule has 0 atom stereocenters. The van der Waals surface area contributed by atoms with E-state index in [4.69, 9.17) is 9.73 Å². The quantitative estimate of drug-likeness (QED) is 0.258. The molecule has 218 valence electrons. The Bertz CT molecular complexity index is 1120. The van der Waals surface area contributed by atoms with Gasteiger partial charge in [-0.2, -0.15) is 4.99 Å². The number of carbonyl (C=O) groups is 2. The molecular formula is C30H45N7O3. The molecular weight excluding hydrogens is 506 g/mol. The Labute approximate surface area is 238 Å². The first-order valence-electron chi connectivity index (χ1n) is 14.7. The minimum atomic E-state index is -0.124. The highest BCUT2D eigenvalue weighted by Gasteiger charge is 2.31. The first-order valence-corrected chi connectivity index (χ1v) is 14.7. The number of aliphatic imine (C=N–C) groups is 2. The minimum absolute atomic E-state index is 0.0777. The fourth-order valence-electron chi connectivity index (χ4n) is 5.78. The number of methoxy groups -OCH3 is 1. The Balaban J connectivity index is 1.44. The lowest BCUT2D eigenvalue weighted by atomic mass is 10.1. The molecule has 2 amide bonds. The lowest BCUT2D eigenvalue weighted by Gasteiger charge is -2.31. The third-order valence-corrected chi connectivity index (χ3v) is 8.26. The number of rotatable bonds is 10. The van der Waals surface area contributed by atoms with Gasteiger partial charge in [0.2, 0.25) is 11.9 Å². The summed E-state index contributed by atoms with van der Waals surface area (Å²) in [7, 11) is 3.36. The maximum atomic E-state index is 12.8. The molecule has 3 aliphatic rings. The van der Waals surface area contributed by atoms with E-state index >= 15 is 0 Å². The van der Waals surface area contributed by atoms with Gasteiger partial charge in [-0.1, -0.05) is 12.8 Å². The zero-order valence-corrected chi connectivity index (χ0v) is 24.4. The number of nitrogens with one attached hydrogen (secondary N) is 2. The monoisotopic (exact) mass is 551 g/mol. The van der Waals surface area contributed by atoms with Crippen molar-refractivity contribution in [2.75, 3.05) is 52.2 Å². The van der Waals surface area contributed by atoms with E-state index in [1.54, 1.807) is 37.3 Å². The lowest BCUT2D eigenvalue weighted by Crippen LogP contribution is -2.33. The molecule has 0 aromatic heterocycles. The second-order valence-electron chi connectivity index (χ2n) is 10.9. The van der Waals surface area contributed by atoms with Crippen molar-refractivity contribution in [3.05, 3.63) is 35.3 Å². The van der Waals surface area contributed by atoms with Gasteiger partial charge in [0.1, 0.15) is 5.75 Å². The predicted octanol–water partition coefficient (Wildman–Crippen LogP) is 4.07. The van der Waals surface area contributed by atoms with Crippen LogP contribution in [0.5, 0.6) is 5.75 Å². The largest absolute Gasteiger partial charge is 0.495 e. The maximum absolute atomic E-state index is 12.8. The number of allylic oxidation sites excluding steroid dienone is 1. The fraction of sp³-hybridized carbons (Fsp3) is 0.600. The number of hydrogen-bond acceptors (Lipinski definition) is 6. The zero-order chi connectivity index (χ0) is 28.5. The number of hydrogen-bond donors (Lipinski definition) is 2. The van der Waals surface area contributed by atoms with Gasteiger partial charge >= 0.3 is 0 Å². The van der Waals surface area contributed by atoms with Crippen LogP contribution in [-0.2, 0) is 4.79 Å². The van der Waals surface area contributed by atoms with Crippen molar-refractivity contribution in [2.45, 2.75) is 70.8 Å². The summed E-state index contributed by atoms with van der Waals surface area (Å²) in [5, 5.41) is 6.24.